The SMILES string of the molecule is Cc1c(CNC(=O)C2(C(F)(F)F)CCCC2)cnn1C. The van der Waals surface area contributed by atoms with Crippen LogP contribution >= 0.6 is 0 Å². The van der Waals surface area contributed by atoms with Gasteiger partial charge in [-0.25, -0.2) is 0 Å². The summed E-state index contributed by atoms with van der Waals surface area (Å²) in [5, 5.41) is 6.43. The summed E-state index contributed by atoms with van der Waals surface area (Å²) >= 11 is 0. The largest absolute Gasteiger partial charge is 0.403 e. The first kappa shape index (κ1) is 14.9. The minimum Gasteiger partial charge on any atom is -0.351 e. The van der Waals surface area contributed by atoms with Gasteiger partial charge >= 0.3 is 6.18 Å². The summed E-state index contributed by atoms with van der Waals surface area (Å²) in [6.07, 6.45) is -2.28. The molecule has 0 radical (unpaired) electrons. The summed E-state index contributed by atoms with van der Waals surface area (Å²) in [5.74, 6) is -0.911. The molecule has 0 aliphatic heterocycles. The fourth-order valence-electron chi connectivity index (χ4n) is 2.68. The lowest BCUT2D eigenvalue weighted by atomic mass is 9.84. The van der Waals surface area contributed by atoms with E-state index in [1.807, 2.05) is 6.92 Å². The molecule has 1 aromatic rings. The number of amides is 1. The van der Waals surface area contributed by atoms with Gasteiger partial charge in [-0.2, -0.15) is 18.3 Å². The van der Waals surface area contributed by atoms with E-state index in [-0.39, 0.29) is 19.4 Å². The van der Waals surface area contributed by atoms with Crippen molar-refractivity contribution in [2.75, 3.05) is 0 Å². The van der Waals surface area contributed by atoms with Crippen LogP contribution in [0.25, 0.3) is 0 Å². The molecule has 2 rings (SSSR count). The lowest BCUT2D eigenvalue weighted by molar-refractivity contribution is -0.220. The number of carbonyl (C=O) groups is 1. The maximum Gasteiger partial charge on any atom is 0.403 e. The van der Waals surface area contributed by atoms with Crippen molar-refractivity contribution in [3.05, 3.63) is 17.5 Å². The number of carbonyl (C=O) groups excluding carboxylic acids is 1. The van der Waals surface area contributed by atoms with Crippen LogP contribution in [0.2, 0.25) is 0 Å². The minimum absolute atomic E-state index is 0.0797. The standard InChI is InChI=1S/C13H18F3N3O/c1-9-10(8-18-19(9)2)7-17-11(20)12(13(14,15)16)5-3-4-6-12/h8H,3-7H2,1-2H3,(H,17,20). The molecular formula is C13H18F3N3O. The second-order valence-electron chi connectivity index (χ2n) is 5.35. The van der Waals surface area contributed by atoms with Crippen molar-refractivity contribution in [3.63, 3.8) is 0 Å². The van der Waals surface area contributed by atoms with E-state index in [2.05, 4.69) is 10.4 Å². The van der Waals surface area contributed by atoms with Crippen LogP contribution in [0, 0.1) is 12.3 Å². The Bertz CT molecular complexity index is 501. The number of aryl methyl sites for hydroxylation is 1. The fraction of sp³-hybridized carbons (Fsp3) is 0.692. The molecule has 1 aliphatic carbocycles. The Hall–Kier alpha value is -1.53. The zero-order chi connectivity index (χ0) is 15.0. The molecule has 0 unspecified atom stereocenters. The van der Waals surface area contributed by atoms with Crippen LogP contribution < -0.4 is 5.32 Å². The van der Waals surface area contributed by atoms with E-state index in [9.17, 15) is 18.0 Å². The molecule has 0 spiro atoms. The van der Waals surface area contributed by atoms with E-state index in [4.69, 9.17) is 0 Å². The molecule has 112 valence electrons. The van der Waals surface area contributed by atoms with E-state index in [1.54, 1.807) is 17.9 Å². The number of nitrogens with zero attached hydrogens (tertiary/aromatic N) is 2. The fourth-order valence-corrected chi connectivity index (χ4v) is 2.68. The van der Waals surface area contributed by atoms with E-state index in [0.717, 1.165) is 11.3 Å². The number of alkyl halides is 3. The van der Waals surface area contributed by atoms with Crippen LogP contribution in [0.3, 0.4) is 0 Å². The van der Waals surface area contributed by atoms with Crippen LogP contribution in [0.15, 0.2) is 6.20 Å². The molecule has 1 N–H and O–H groups in total. The van der Waals surface area contributed by atoms with Crippen LogP contribution in [0.4, 0.5) is 13.2 Å². The molecular weight excluding hydrogens is 271 g/mol. The zero-order valence-electron chi connectivity index (χ0n) is 11.5. The Kier molecular flexibility index (Phi) is 3.80. The highest BCUT2D eigenvalue weighted by atomic mass is 19.4. The van der Waals surface area contributed by atoms with E-state index in [1.165, 1.54) is 0 Å². The lowest BCUT2D eigenvalue weighted by Crippen LogP contribution is -2.48. The molecule has 0 bridgehead atoms. The molecule has 1 aromatic heterocycles. The molecule has 7 heteroatoms. The number of hydrogen-bond acceptors (Lipinski definition) is 2. The normalized spacial score (nSPS) is 18.2. The van der Waals surface area contributed by atoms with Crippen LogP contribution in [-0.4, -0.2) is 21.9 Å². The predicted octanol–water partition coefficient (Wildman–Crippen LogP) is 2.47. The van der Waals surface area contributed by atoms with Gasteiger partial charge in [0.05, 0.1) is 6.20 Å². The summed E-state index contributed by atoms with van der Waals surface area (Å²) in [4.78, 5) is 12.0. The van der Waals surface area contributed by atoms with Crippen LogP contribution in [-0.2, 0) is 18.4 Å². The van der Waals surface area contributed by atoms with E-state index in [0.29, 0.717) is 12.8 Å². The Morgan fingerprint density at radius 3 is 2.50 bits per heavy atom. The second-order valence-corrected chi connectivity index (χ2v) is 5.35. The summed E-state index contributed by atoms with van der Waals surface area (Å²) in [7, 11) is 1.74. The maximum atomic E-state index is 13.2. The third kappa shape index (κ3) is 2.41. The molecule has 0 atom stereocenters. The van der Waals surface area contributed by atoms with Crippen molar-refractivity contribution in [3.8, 4) is 0 Å². The van der Waals surface area contributed by atoms with Gasteiger partial charge in [0.15, 0.2) is 0 Å². The summed E-state index contributed by atoms with van der Waals surface area (Å²) in [5.41, 5.74) is -0.641. The van der Waals surface area contributed by atoms with Gasteiger partial charge in [-0.1, -0.05) is 12.8 Å². The number of halogens is 3. The van der Waals surface area contributed by atoms with Gasteiger partial charge in [-0.3, -0.25) is 9.48 Å². The average Bonchev–Trinajstić information content (AvgIpc) is 2.97. The molecule has 4 nitrogen and oxygen atoms in total. The summed E-state index contributed by atoms with van der Waals surface area (Å²) in [6, 6.07) is 0. The Morgan fingerprint density at radius 1 is 1.45 bits per heavy atom. The van der Waals surface area contributed by atoms with Crippen molar-refractivity contribution in [1.82, 2.24) is 15.1 Å². The first-order valence-electron chi connectivity index (χ1n) is 6.60. The van der Waals surface area contributed by atoms with Crippen molar-refractivity contribution in [2.45, 2.75) is 45.3 Å². The van der Waals surface area contributed by atoms with Gasteiger partial charge in [-0.15, -0.1) is 0 Å². The number of hydrogen-bond donors (Lipinski definition) is 1. The average molecular weight is 289 g/mol. The molecule has 1 saturated carbocycles. The van der Waals surface area contributed by atoms with Gasteiger partial charge < -0.3 is 5.32 Å². The quantitative estimate of drug-likeness (QED) is 0.929. The molecule has 1 heterocycles. The van der Waals surface area contributed by atoms with Gasteiger partial charge in [0.25, 0.3) is 0 Å². The zero-order valence-corrected chi connectivity index (χ0v) is 11.5. The van der Waals surface area contributed by atoms with E-state index < -0.39 is 17.5 Å². The van der Waals surface area contributed by atoms with Crippen molar-refractivity contribution in [2.24, 2.45) is 12.5 Å². The second kappa shape index (κ2) is 5.10. The first-order valence-corrected chi connectivity index (χ1v) is 6.60. The predicted molar refractivity (Wildman–Crippen MR) is 66.7 cm³/mol. The summed E-state index contributed by atoms with van der Waals surface area (Å²) in [6.45, 7) is 1.89. The first-order chi connectivity index (χ1) is 9.28. The van der Waals surface area contributed by atoms with Crippen LogP contribution in [0.1, 0.15) is 36.9 Å². The van der Waals surface area contributed by atoms with Gasteiger partial charge in [0.1, 0.15) is 5.41 Å². The number of nitrogens with one attached hydrogen (secondary N) is 1. The monoisotopic (exact) mass is 289 g/mol. The Balaban J connectivity index is 2.09. The van der Waals surface area contributed by atoms with Gasteiger partial charge in [0, 0.05) is 24.8 Å². The Morgan fingerprint density at radius 2 is 2.05 bits per heavy atom. The highest BCUT2D eigenvalue weighted by Gasteiger charge is 2.60. The topological polar surface area (TPSA) is 46.9 Å². The van der Waals surface area contributed by atoms with Crippen LogP contribution in [0.5, 0.6) is 0 Å². The third-order valence-corrected chi connectivity index (χ3v) is 4.21. The number of rotatable bonds is 3. The molecule has 20 heavy (non-hydrogen) atoms. The van der Waals surface area contributed by atoms with Crippen molar-refractivity contribution in [1.29, 1.82) is 0 Å². The van der Waals surface area contributed by atoms with Crippen molar-refractivity contribution >= 4 is 5.91 Å². The maximum absolute atomic E-state index is 13.2. The van der Waals surface area contributed by atoms with Gasteiger partial charge in [0.2, 0.25) is 5.91 Å². The molecule has 1 fully saturated rings. The summed E-state index contributed by atoms with van der Waals surface area (Å²) < 4.78 is 41.2. The smallest absolute Gasteiger partial charge is 0.351 e. The third-order valence-electron chi connectivity index (χ3n) is 4.21. The van der Waals surface area contributed by atoms with Gasteiger partial charge in [-0.05, 0) is 19.8 Å². The highest BCUT2D eigenvalue weighted by Crippen LogP contribution is 2.50. The molecule has 0 saturated heterocycles. The van der Waals surface area contributed by atoms with E-state index >= 15 is 0 Å². The Labute approximate surface area is 115 Å². The van der Waals surface area contributed by atoms with Crippen molar-refractivity contribution < 1.29 is 18.0 Å². The minimum atomic E-state index is -4.49. The number of aromatic nitrogens is 2. The molecule has 0 aromatic carbocycles. The molecule has 1 amide bonds. The molecule has 1 aliphatic rings. The lowest BCUT2D eigenvalue weighted by Gasteiger charge is -2.30. The highest BCUT2D eigenvalue weighted by molar-refractivity contribution is 5.83.